The van der Waals surface area contributed by atoms with E-state index in [4.69, 9.17) is 5.73 Å². The molecule has 0 spiro atoms. The Hall–Kier alpha value is -2.03. The summed E-state index contributed by atoms with van der Waals surface area (Å²) in [4.78, 5) is 2.06. The van der Waals surface area contributed by atoms with Crippen LogP contribution in [0.1, 0.15) is 18.9 Å². The Kier molecular flexibility index (Phi) is 4.99. The van der Waals surface area contributed by atoms with E-state index in [0.29, 0.717) is 5.69 Å². The molecule has 0 heterocycles. The maximum atomic E-state index is 13.8. The summed E-state index contributed by atoms with van der Waals surface area (Å²) in [6, 6.07) is 14.8. The molecule has 0 aliphatic heterocycles. The number of nitrogens with zero attached hydrogens (tertiary/aromatic N) is 1. The van der Waals surface area contributed by atoms with E-state index in [0.717, 1.165) is 37.2 Å². The van der Waals surface area contributed by atoms with Gasteiger partial charge in [-0.05, 0) is 43.5 Å². The summed E-state index contributed by atoms with van der Waals surface area (Å²) >= 11 is 0. The number of nitrogen functional groups attached to an aromatic ring is 1. The van der Waals surface area contributed by atoms with Crippen LogP contribution in [-0.2, 0) is 6.42 Å². The predicted molar refractivity (Wildman–Crippen MR) is 83.5 cm³/mol. The van der Waals surface area contributed by atoms with Crippen LogP contribution < -0.4 is 10.6 Å². The molecule has 0 unspecified atom stereocenters. The monoisotopic (exact) mass is 272 g/mol. The third-order valence-electron chi connectivity index (χ3n) is 3.50. The second-order valence-corrected chi connectivity index (χ2v) is 4.83. The van der Waals surface area contributed by atoms with Crippen molar-refractivity contribution in [3.63, 3.8) is 0 Å². The lowest BCUT2D eigenvalue weighted by Gasteiger charge is -2.23. The molecule has 0 saturated heterocycles. The summed E-state index contributed by atoms with van der Waals surface area (Å²) in [5.74, 6) is -0.159. The SMILES string of the molecule is CCN(CCCc1ccccc1N)c1ccccc1F. The highest BCUT2D eigenvalue weighted by atomic mass is 19.1. The molecular weight excluding hydrogens is 251 g/mol. The van der Waals surface area contributed by atoms with Crippen LogP contribution in [0.4, 0.5) is 15.8 Å². The smallest absolute Gasteiger partial charge is 0.146 e. The van der Waals surface area contributed by atoms with Crippen molar-refractivity contribution in [3.05, 3.63) is 59.9 Å². The lowest BCUT2D eigenvalue weighted by Crippen LogP contribution is -2.25. The first-order valence-corrected chi connectivity index (χ1v) is 7.05. The molecule has 0 amide bonds. The molecule has 0 bridgehead atoms. The van der Waals surface area contributed by atoms with Gasteiger partial charge in [0.2, 0.25) is 0 Å². The van der Waals surface area contributed by atoms with Gasteiger partial charge in [0, 0.05) is 18.8 Å². The highest BCUT2D eigenvalue weighted by molar-refractivity contribution is 5.48. The van der Waals surface area contributed by atoms with Gasteiger partial charge in [0.1, 0.15) is 5.82 Å². The number of benzene rings is 2. The van der Waals surface area contributed by atoms with Gasteiger partial charge in [0.15, 0.2) is 0 Å². The molecule has 20 heavy (non-hydrogen) atoms. The van der Waals surface area contributed by atoms with Gasteiger partial charge in [0.05, 0.1) is 5.69 Å². The molecule has 0 atom stereocenters. The minimum Gasteiger partial charge on any atom is -0.399 e. The Morgan fingerprint density at radius 3 is 2.45 bits per heavy atom. The number of hydrogen-bond donors (Lipinski definition) is 1. The van der Waals surface area contributed by atoms with Crippen LogP contribution in [0.3, 0.4) is 0 Å². The molecule has 2 rings (SSSR count). The van der Waals surface area contributed by atoms with Gasteiger partial charge >= 0.3 is 0 Å². The van der Waals surface area contributed by atoms with Gasteiger partial charge in [-0.25, -0.2) is 4.39 Å². The van der Waals surface area contributed by atoms with Crippen molar-refractivity contribution in [3.8, 4) is 0 Å². The van der Waals surface area contributed by atoms with Crippen LogP contribution in [0.5, 0.6) is 0 Å². The minimum absolute atomic E-state index is 0.159. The van der Waals surface area contributed by atoms with Crippen LogP contribution in [0, 0.1) is 5.82 Å². The van der Waals surface area contributed by atoms with Crippen LogP contribution in [0.25, 0.3) is 0 Å². The van der Waals surface area contributed by atoms with E-state index in [1.165, 1.54) is 6.07 Å². The van der Waals surface area contributed by atoms with Crippen molar-refractivity contribution in [1.29, 1.82) is 0 Å². The van der Waals surface area contributed by atoms with Crippen molar-refractivity contribution in [1.82, 2.24) is 0 Å². The zero-order chi connectivity index (χ0) is 14.4. The second-order valence-electron chi connectivity index (χ2n) is 4.83. The molecular formula is C17H21FN2. The number of rotatable bonds is 6. The third-order valence-corrected chi connectivity index (χ3v) is 3.50. The standard InChI is InChI=1S/C17H21FN2/c1-2-20(17-12-6-4-10-15(17)18)13-7-9-14-8-3-5-11-16(14)19/h3-6,8,10-12H,2,7,9,13,19H2,1H3. The Balaban J connectivity index is 1.95. The largest absolute Gasteiger partial charge is 0.399 e. The summed E-state index contributed by atoms with van der Waals surface area (Å²) in [5.41, 5.74) is 8.61. The number of aryl methyl sites for hydroxylation is 1. The molecule has 106 valence electrons. The van der Waals surface area contributed by atoms with E-state index in [1.54, 1.807) is 6.07 Å². The van der Waals surface area contributed by atoms with E-state index >= 15 is 0 Å². The van der Waals surface area contributed by atoms with Gasteiger partial charge in [-0.3, -0.25) is 0 Å². The van der Waals surface area contributed by atoms with E-state index in [9.17, 15) is 4.39 Å². The topological polar surface area (TPSA) is 29.3 Å². The number of anilines is 2. The molecule has 0 radical (unpaired) electrons. The van der Waals surface area contributed by atoms with Gasteiger partial charge < -0.3 is 10.6 Å². The van der Waals surface area contributed by atoms with Crippen molar-refractivity contribution >= 4 is 11.4 Å². The zero-order valence-electron chi connectivity index (χ0n) is 11.8. The molecule has 2 aromatic carbocycles. The van der Waals surface area contributed by atoms with Crippen LogP contribution in [-0.4, -0.2) is 13.1 Å². The average molecular weight is 272 g/mol. The predicted octanol–water partition coefficient (Wildman–Crippen LogP) is 3.87. The summed E-state index contributed by atoms with van der Waals surface area (Å²) in [5, 5.41) is 0. The highest BCUT2D eigenvalue weighted by Gasteiger charge is 2.09. The summed E-state index contributed by atoms with van der Waals surface area (Å²) < 4.78 is 13.8. The van der Waals surface area contributed by atoms with E-state index < -0.39 is 0 Å². The van der Waals surface area contributed by atoms with E-state index in [2.05, 4.69) is 11.0 Å². The van der Waals surface area contributed by atoms with Crippen molar-refractivity contribution < 1.29 is 4.39 Å². The first-order valence-electron chi connectivity index (χ1n) is 7.05. The normalized spacial score (nSPS) is 10.5. The summed E-state index contributed by atoms with van der Waals surface area (Å²) in [7, 11) is 0. The van der Waals surface area contributed by atoms with Crippen molar-refractivity contribution in [2.45, 2.75) is 19.8 Å². The van der Waals surface area contributed by atoms with Gasteiger partial charge in [-0.1, -0.05) is 30.3 Å². The maximum absolute atomic E-state index is 13.8. The Bertz CT molecular complexity index is 554. The second kappa shape index (κ2) is 6.94. The summed E-state index contributed by atoms with van der Waals surface area (Å²) in [6.07, 6.45) is 1.87. The fourth-order valence-corrected chi connectivity index (χ4v) is 2.38. The lowest BCUT2D eigenvalue weighted by molar-refractivity contribution is 0.615. The Morgan fingerprint density at radius 1 is 1.05 bits per heavy atom. The van der Waals surface area contributed by atoms with Crippen molar-refractivity contribution in [2.24, 2.45) is 0 Å². The van der Waals surface area contributed by atoms with Crippen molar-refractivity contribution in [2.75, 3.05) is 23.7 Å². The summed E-state index contributed by atoms with van der Waals surface area (Å²) in [6.45, 7) is 3.67. The third kappa shape index (κ3) is 3.50. The van der Waals surface area contributed by atoms with Crippen LogP contribution in [0.15, 0.2) is 48.5 Å². The number of para-hydroxylation sites is 2. The minimum atomic E-state index is -0.159. The fraction of sp³-hybridized carbons (Fsp3) is 0.294. The fourth-order valence-electron chi connectivity index (χ4n) is 2.38. The van der Waals surface area contributed by atoms with Crippen LogP contribution in [0.2, 0.25) is 0 Å². The first kappa shape index (κ1) is 14.4. The molecule has 2 nitrogen and oxygen atoms in total. The van der Waals surface area contributed by atoms with Gasteiger partial charge in [-0.15, -0.1) is 0 Å². The quantitative estimate of drug-likeness (QED) is 0.809. The number of hydrogen-bond acceptors (Lipinski definition) is 2. The van der Waals surface area contributed by atoms with E-state index in [1.807, 2.05) is 37.3 Å². The molecule has 0 aromatic heterocycles. The zero-order valence-corrected chi connectivity index (χ0v) is 11.8. The average Bonchev–Trinajstić information content (AvgIpc) is 2.46. The lowest BCUT2D eigenvalue weighted by atomic mass is 10.1. The van der Waals surface area contributed by atoms with Gasteiger partial charge in [-0.2, -0.15) is 0 Å². The maximum Gasteiger partial charge on any atom is 0.146 e. The number of halogens is 1. The molecule has 0 aliphatic rings. The van der Waals surface area contributed by atoms with E-state index in [-0.39, 0.29) is 5.82 Å². The molecule has 3 heteroatoms. The number of nitrogens with two attached hydrogens (primary N) is 1. The Morgan fingerprint density at radius 2 is 1.75 bits per heavy atom. The molecule has 0 saturated carbocycles. The molecule has 0 fully saturated rings. The molecule has 2 aromatic rings. The Labute approximate surface area is 120 Å². The molecule has 0 aliphatic carbocycles. The van der Waals surface area contributed by atoms with Crippen LogP contribution >= 0.6 is 0 Å². The van der Waals surface area contributed by atoms with Gasteiger partial charge in [0.25, 0.3) is 0 Å². The highest BCUT2D eigenvalue weighted by Crippen LogP contribution is 2.19. The molecule has 2 N–H and O–H groups in total. The first-order chi connectivity index (χ1) is 9.72.